The summed E-state index contributed by atoms with van der Waals surface area (Å²) >= 11 is 0. The van der Waals surface area contributed by atoms with E-state index in [0.29, 0.717) is 11.7 Å². The van der Waals surface area contributed by atoms with E-state index in [0.717, 1.165) is 24.9 Å². The molecule has 1 aromatic carbocycles. The van der Waals surface area contributed by atoms with E-state index in [1.54, 1.807) is 6.07 Å². The van der Waals surface area contributed by atoms with Crippen molar-refractivity contribution in [1.82, 2.24) is 5.32 Å². The standard InChI is InChI=1S/C17H28FNO/c1-6-10-19-14(5)15-8-7-9-16(18)17(15)20-13(4)11-12(2)3/h7-9,12-14,19H,6,10-11H2,1-5H3. The molecule has 0 heterocycles. The van der Waals surface area contributed by atoms with Crippen LogP contribution in [0.2, 0.25) is 0 Å². The molecule has 0 aliphatic carbocycles. The molecule has 2 nitrogen and oxygen atoms in total. The number of hydrogen-bond donors (Lipinski definition) is 1. The Labute approximate surface area is 122 Å². The van der Waals surface area contributed by atoms with Gasteiger partial charge in [-0.25, -0.2) is 4.39 Å². The molecule has 0 aromatic heterocycles. The fourth-order valence-corrected chi connectivity index (χ4v) is 2.37. The molecule has 0 fully saturated rings. The summed E-state index contributed by atoms with van der Waals surface area (Å²) in [6.07, 6.45) is 1.99. The fourth-order valence-electron chi connectivity index (χ4n) is 2.37. The van der Waals surface area contributed by atoms with Gasteiger partial charge >= 0.3 is 0 Å². The quantitative estimate of drug-likeness (QED) is 0.745. The van der Waals surface area contributed by atoms with E-state index in [1.807, 2.05) is 19.9 Å². The first-order valence-electron chi connectivity index (χ1n) is 7.64. The number of hydrogen-bond acceptors (Lipinski definition) is 2. The van der Waals surface area contributed by atoms with E-state index in [2.05, 4.69) is 26.1 Å². The lowest BCUT2D eigenvalue weighted by molar-refractivity contribution is 0.182. The van der Waals surface area contributed by atoms with Gasteiger partial charge in [0.05, 0.1) is 6.10 Å². The maximum absolute atomic E-state index is 14.1. The molecule has 20 heavy (non-hydrogen) atoms. The van der Waals surface area contributed by atoms with Crippen molar-refractivity contribution in [1.29, 1.82) is 0 Å². The first kappa shape index (κ1) is 17.0. The predicted octanol–water partition coefficient (Wildman–Crippen LogP) is 4.70. The van der Waals surface area contributed by atoms with Gasteiger partial charge in [0.25, 0.3) is 0 Å². The topological polar surface area (TPSA) is 21.3 Å². The molecule has 114 valence electrons. The second kappa shape index (κ2) is 8.25. The van der Waals surface area contributed by atoms with Gasteiger partial charge in [-0.2, -0.15) is 0 Å². The molecule has 0 radical (unpaired) electrons. The van der Waals surface area contributed by atoms with Gasteiger partial charge in [0.2, 0.25) is 0 Å². The summed E-state index contributed by atoms with van der Waals surface area (Å²) in [5.74, 6) is 0.663. The summed E-state index contributed by atoms with van der Waals surface area (Å²) in [5.41, 5.74) is 0.897. The van der Waals surface area contributed by atoms with Crippen molar-refractivity contribution in [2.24, 2.45) is 5.92 Å². The highest BCUT2D eigenvalue weighted by Gasteiger charge is 2.17. The van der Waals surface area contributed by atoms with Gasteiger partial charge in [-0.1, -0.05) is 32.9 Å². The Hall–Kier alpha value is -1.09. The molecular formula is C17H28FNO. The van der Waals surface area contributed by atoms with Crippen LogP contribution in [0.5, 0.6) is 5.75 Å². The normalized spacial score (nSPS) is 14.3. The summed E-state index contributed by atoms with van der Waals surface area (Å²) in [7, 11) is 0. The average Bonchev–Trinajstić information content (AvgIpc) is 2.37. The molecule has 0 aliphatic heterocycles. The maximum atomic E-state index is 14.1. The van der Waals surface area contributed by atoms with Gasteiger partial charge in [0.15, 0.2) is 11.6 Å². The molecule has 3 heteroatoms. The zero-order valence-corrected chi connectivity index (χ0v) is 13.4. The van der Waals surface area contributed by atoms with E-state index < -0.39 is 0 Å². The van der Waals surface area contributed by atoms with Crippen LogP contribution in [0, 0.1) is 11.7 Å². The Balaban J connectivity index is 2.87. The SMILES string of the molecule is CCCNC(C)c1cccc(F)c1OC(C)CC(C)C. The van der Waals surface area contributed by atoms with E-state index in [1.165, 1.54) is 6.07 Å². The highest BCUT2D eigenvalue weighted by molar-refractivity contribution is 5.37. The van der Waals surface area contributed by atoms with Gasteiger partial charge in [-0.3, -0.25) is 0 Å². The van der Waals surface area contributed by atoms with Crippen molar-refractivity contribution >= 4 is 0 Å². The van der Waals surface area contributed by atoms with E-state index >= 15 is 0 Å². The zero-order valence-electron chi connectivity index (χ0n) is 13.4. The van der Waals surface area contributed by atoms with Crippen molar-refractivity contribution in [3.8, 4) is 5.75 Å². The Kier molecular flexibility index (Phi) is 7.00. The minimum absolute atomic E-state index is 0.0176. The van der Waals surface area contributed by atoms with Gasteiger partial charge in [0, 0.05) is 11.6 Å². The predicted molar refractivity (Wildman–Crippen MR) is 82.7 cm³/mol. The number of halogens is 1. The summed E-state index contributed by atoms with van der Waals surface area (Å²) in [6.45, 7) is 11.4. The molecule has 2 unspecified atom stereocenters. The molecule has 1 N–H and O–H groups in total. The molecule has 0 saturated carbocycles. The number of nitrogens with one attached hydrogen (secondary N) is 1. The Morgan fingerprint density at radius 1 is 1.20 bits per heavy atom. The number of ether oxygens (including phenoxy) is 1. The van der Waals surface area contributed by atoms with Crippen molar-refractivity contribution in [2.45, 2.75) is 59.6 Å². The average molecular weight is 281 g/mol. The number of benzene rings is 1. The highest BCUT2D eigenvalue weighted by Crippen LogP contribution is 2.29. The monoisotopic (exact) mass is 281 g/mol. The molecule has 0 amide bonds. The van der Waals surface area contributed by atoms with E-state index in [4.69, 9.17) is 4.74 Å². The zero-order chi connectivity index (χ0) is 15.1. The van der Waals surface area contributed by atoms with Crippen LogP contribution >= 0.6 is 0 Å². The Bertz CT molecular complexity index is 406. The van der Waals surface area contributed by atoms with Crippen LogP contribution in [0.15, 0.2) is 18.2 Å². The summed E-state index contributed by atoms with van der Waals surface area (Å²) in [4.78, 5) is 0. The molecule has 0 bridgehead atoms. The van der Waals surface area contributed by atoms with Crippen molar-refractivity contribution in [3.05, 3.63) is 29.6 Å². The molecule has 1 aromatic rings. The third-order valence-corrected chi connectivity index (χ3v) is 3.29. The second-order valence-corrected chi connectivity index (χ2v) is 5.89. The largest absolute Gasteiger partial charge is 0.487 e. The van der Waals surface area contributed by atoms with E-state index in [9.17, 15) is 4.39 Å². The number of para-hydroxylation sites is 1. The van der Waals surface area contributed by atoms with Crippen LogP contribution in [-0.4, -0.2) is 12.6 Å². The molecule has 0 saturated heterocycles. The van der Waals surface area contributed by atoms with Gasteiger partial charge in [-0.05, 0) is 45.2 Å². The van der Waals surface area contributed by atoms with Gasteiger partial charge < -0.3 is 10.1 Å². The fraction of sp³-hybridized carbons (Fsp3) is 0.647. The van der Waals surface area contributed by atoms with Crippen LogP contribution in [-0.2, 0) is 0 Å². The van der Waals surface area contributed by atoms with Crippen LogP contribution in [0.1, 0.15) is 59.1 Å². The first-order chi connectivity index (χ1) is 9.45. The lowest BCUT2D eigenvalue weighted by Gasteiger charge is -2.22. The minimum atomic E-state index is -0.275. The smallest absolute Gasteiger partial charge is 0.165 e. The molecule has 2 atom stereocenters. The molecular weight excluding hydrogens is 253 g/mol. The molecule has 0 aliphatic rings. The lowest BCUT2D eigenvalue weighted by atomic mass is 10.1. The van der Waals surface area contributed by atoms with Crippen molar-refractivity contribution in [3.63, 3.8) is 0 Å². The maximum Gasteiger partial charge on any atom is 0.165 e. The van der Waals surface area contributed by atoms with Crippen LogP contribution in [0.3, 0.4) is 0 Å². The van der Waals surface area contributed by atoms with Crippen molar-refractivity contribution in [2.75, 3.05) is 6.54 Å². The van der Waals surface area contributed by atoms with Gasteiger partial charge in [-0.15, -0.1) is 0 Å². The van der Waals surface area contributed by atoms with Crippen molar-refractivity contribution < 1.29 is 9.13 Å². The Morgan fingerprint density at radius 2 is 1.90 bits per heavy atom. The van der Waals surface area contributed by atoms with Crippen LogP contribution in [0.25, 0.3) is 0 Å². The molecule has 1 rings (SSSR count). The Morgan fingerprint density at radius 3 is 2.50 bits per heavy atom. The van der Waals surface area contributed by atoms with E-state index in [-0.39, 0.29) is 18.0 Å². The third kappa shape index (κ3) is 5.12. The summed E-state index contributed by atoms with van der Waals surface area (Å²) in [6, 6.07) is 5.24. The van der Waals surface area contributed by atoms with Crippen LogP contribution in [0.4, 0.5) is 4.39 Å². The number of rotatable bonds is 8. The summed E-state index contributed by atoms with van der Waals surface area (Å²) in [5, 5.41) is 3.38. The minimum Gasteiger partial charge on any atom is -0.487 e. The van der Waals surface area contributed by atoms with Gasteiger partial charge in [0.1, 0.15) is 0 Å². The third-order valence-electron chi connectivity index (χ3n) is 3.29. The highest BCUT2D eigenvalue weighted by atomic mass is 19.1. The first-order valence-corrected chi connectivity index (χ1v) is 7.64. The second-order valence-electron chi connectivity index (χ2n) is 5.89. The molecule has 0 spiro atoms. The van der Waals surface area contributed by atoms with Crippen LogP contribution < -0.4 is 10.1 Å². The summed E-state index contributed by atoms with van der Waals surface area (Å²) < 4.78 is 20.0. The lowest BCUT2D eigenvalue weighted by Crippen LogP contribution is -2.22.